The van der Waals surface area contributed by atoms with Crippen LogP contribution < -0.4 is 4.90 Å². The molecule has 1 aliphatic heterocycles. The Hall–Kier alpha value is -2.51. The standard InChI is InChI=1S/C16H13ClN4O3/c17-15-8-21(3-4-23-15)16-19-7-13-12(20-16)5-10(6-18-13)14-2-1-11(9-22)24-14/h1-2,5-7,9,15H,3-4,8H2. The van der Waals surface area contributed by atoms with E-state index >= 15 is 0 Å². The molecule has 0 aliphatic carbocycles. The average molecular weight is 345 g/mol. The highest BCUT2D eigenvalue weighted by Gasteiger charge is 2.20. The van der Waals surface area contributed by atoms with Crippen molar-refractivity contribution in [3.63, 3.8) is 0 Å². The summed E-state index contributed by atoms with van der Waals surface area (Å²) in [6.07, 6.45) is 4.01. The minimum absolute atomic E-state index is 0.273. The molecule has 0 spiro atoms. The first-order chi connectivity index (χ1) is 11.7. The van der Waals surface area contributed by atoms with E-state index in [4.69, 9.17) is 20.8 Å². The quantitative estimate of drug-likeness (QED) is 0.533. The van der Waals surface area contributed by atoms with Crippen LogP contribution in [0.15, 0.2) is 35.0 Å². The second-order valence-corrected chi connectivity index (χ2v) is 5.83. The summed E-state index contributed by atoms with van der Waals surface area (Å²) in [6, 6.07) is 5.21. The molecule has 24 heavy (non-hydrogen) atoms. The van der Waals surface area contributed by atoms with E-state index in [0.717, 1.165) is 5.56 Å². The molecule has 122 valence electrons. The van der Waals surface area contributed by atoms with Gasteiger partial charge in [-0.1, -0.05) is 11.6 Å². The van der Waals surface area contributed by atoms with Crippen LogP contribution in [0.2, 0.25) is 0 Å². The number of anilines is 1. The third kappa shape index (κ3) is 2.83. The van der Waals surface area contributed by atoms with Crippen LogP contribution in [-0.2, 0) is 4.74 Å². The SMILES string of the molecule is O=Cc1ccc(-c2cnc3cnc(N4CCOC(Cl)C4)nc3c2)o1. The van der Waals surface area contributed by atoms with Crippen LogP contribution in [0, 0.1) is 0 Å². The summed E-state index contributed by atoms with van der Waals surface area (Å²) in [6.45, 7) is 1.75. The van der Waals surface area contributed by atoms with Gasteiger partial charge >= 0.3 is 0 Å². The zero-order valence-electron chi connectivity index (χ0n) is 12.6. The maximum absolute atomic E-state index is 10.8. The van der Waals surface area contributed by atoms with E-state index in [-0.39, 0.29) is 11.3 Å². The van der Waals surface area contributed by atoms with Crippen molar-refractivity contribution in [1.82, 2.24) is 15.0 Å². The summed E-state index contributed by atoms with van der Waals surface area (Å²) in [4.78, 5) is 26.0. The fourth-order valence-corrected chi connectivity index (χ4v) is 2.81. The predicted molar refractivity (Wildman–Crippen MR) is 88.2 cm³/mol. The van der Waals surface area contributed by atoms with E-state index in [1.165, 1.54) is 0 Å². The fourth-order valence-electron chi connectivity index (χ4n) is 2.56. The molecule has 7 nitrogen and oxygen atoms in total. The maximum atomic E-state index is 10.8. The number of hydrogen-bond donors (Lipinski definition) is 0. The summed E-state index contributed by atoms with van der Waals surface area (Å²) in [5.74, 6) is 1.43. The number of rotatable bonds is 3. The van der Waals surface area contributed by atoms with Crippen molar-refractivity contribution in [2.24, 2.45) is 0 Å². The van der Waals surface area contributed by atoms with Gasteiger partial charge in [-0.05, 0) is 18.2 Å². The first-order valence-electron chi connectivity index (χ1n) is 7.42. The number of carbonyl (C=O) groups is 1. The molecule has 4 heterocycles. The third-order valence-corrected chi connectivity index (χ3v) is 4.02. The molecule has 1 aliphatic rings. The zero-order valence-corrected chi connectivity index (χ0v) is 13.3. The Morgan fingerprint density at radius 1 is 1.25 bits per heavy atom. The molecule has 0 radical (unpaired) electrons. The normalized spacial score (nSPS) is 18.0. The van der Waals surface area contributed by atoms with Gasteiger partial charge in [-0.25, -0.2) is 9.97 Å². The number of ether oxygens (including phenoxy) is 1. The summed E-state index contributed by atoms with van der Waals surface area (Å²) < 4.78 is 10.8. The van der Waals surface area contributed by atoms with Crippen LogP contribution in [0.5, 0.6) is 0 Å². The van der Waals surface area contributed by atoms with Crippen LogP contribution in [-0.4, -0.2) is 46.5 Å². The molecule has 1 unspecified atom stereocenters. The number of halogens is 1. The topological polar surface area (TPSA) is 81.4 Å². The van der Waals surface area contributed by atoms with E-state index in [1.807, 2.05) is 11.0 Å². The van der Waals surface area contributed by atoms with Gasteiger partial charge in [-0.15, -0.1) is 0 Å². The summed E-state index contributed by atoms with van der Waals surface area (Å²) in [7, 11) is 0. The van der Waals surface area contributed by atoms with E-state index in [9.17, 15) is 4.79 Å². The van der Waals surface area contributed by atoms with Crippen LogP contribution in [0.1, 0.15) is 10.6 Å². The first-order valence-corrected chi connectivity index (χ1v) is 7.85. The molecular formula is C16H13ClN4O3. The summed E-state index contributed by atoms with van der Waals surface area (Å²) in [5, 5.41) is 0. The Morgan fingerprint density at radius 2 is 2.17 bits per heavy atom. The third-order valence-electron chi connectivity index (χ3n) is 3.75. The monoisotopic (exact) mass is 344 g/mol. The van der Waals surface area contributed by atoms with Gasteiger partial charge in [-0.2, -0.15) is 0 Å². The molecule has 1 atom stereocenters. The lowest BCUT2D eigenvalue weighted by Gasteiger charge is -2.29. The second-order valence-electron chi connectivity index (χ2n) is 5.35. The number of alkyl halides is 1. The van der Waals surface area contributed by atoms with Crippen molar-refractivity contribution in [2.75, 3.05) is 24.6 Å². The number of fused-ring (bicyclic) bond motifs is 1. The zero-order chi connectivity index (χ0) is 16.5. The lowest BCUT2D eigenvalue weighted by atomic mass is 10.2. The van der Waals surface area contributed by atoms with Crippen molar-refractivity contribution < 1.29 is 13.9 Å². The molecule has 1 saturated heterocycles. The van der Waals surface area contributed by atoms with E-state index < -0.39 is 0 Å². The number of aldehydes is 1. The Balaban J connectivity index is 1.70. The number of aromatic nitrogens is 3. The van der Waals surface area contributed by atoms with Crippen molar-refractivity contribution in [3.8, 4) is 11.3 Å². The van der Waals surface area contributed by atoms with Crippen molar-refractivity contribution in [3.05, 3.63) is 36.4 Å². The van der Waals surface area contributed by atoms with E-state index in [0.29, 0.717) is 48.7 Å². The van der Waals surface area contributed by atoms with Crippen molar-refractivity contribution in [1.29, 1.82) is 0 Å². The highest BCUT2D eigenvalue weighted by atomic mass is 35.5. The van der Waals surface area contributed by atoms with Crippen LogP contribution in [0.3, 0.4) is 0 Å². The van der Waals surface area contributed by atoms with Gasteiger partial charge < -0.3 is 14.1 Å². The van der Waals surface area contributed by atoms with Gasteiger partial charge in [0.25, 0.3) is 0 Å². The highest BCUT2D eigenvalue weighted by Crippen LogP contribution is 2.24. The average Bonchev–Trinajstić information content (AvgIpc) is 3.10. The molecule has 0 N–H and O–H groups in total. The smallest absolute Gasteiger partial charge is 0.226 e. The Labute approximate surface area is 142 Å². The van der Waals surface area contributed by atoms with Crippen molar-refractivity contribution in [2.45, 2.75) is 5.56 Å². The first kappa shape index (κ1) is 15.0. The van der Waals surface area contributed by atoms with Gasteiger partial charge in [0.15, 0.2) is 12.0 Å². The van der Waals surface area contributed by atoms with Gasteiger partial charge in [0.05, 0.1) is 24.9 Å². The summed E-state index contributed by atoms with van der Waals surface area (Å²) >= 11 is 6.03. The molecule has 8 heteroatoms. The van der Waals surface area contributed by atoms with Gasteiger partial charge in [0.1, 0.15) is 16.8 Å². The maximum Gasteiger partial charge on any atom is 0.226 e. The Kier molecular flexibility index (Phi) is 3.87. The Morgan fingerprint density at radius 3 is 2.96 bits per heavy atom. The molecule has 4 rings (SSSR count). The molecular weight excluding hydrogens is 332 g/mol. The van der Waals surface area contributed by atoms with Crippen LogP contribution in [0.4, 0.5) is 5.95 Å². The number of hydrogen-bond acceptors (Lipinski definition) is 7. The molecule has 0 aromatic carbocycles. The molecule has 0 bridgehead atoms. The molecule has 0 saturated carbocycles. The minimum atomic E-state index is -0.368. The number of furan rings is 1. The number of carbonyl (C=O) groups excluding carboxylic acids is 1. The Bertz CT molecular complexity index is 898. The molecule has 0 amide bonds. The second kappa shape index (κ2) is 6.18. The number of morpholine rings is 1. The largest absolute Gasteiger partial charge is 0.453 e. The molecule has 3 aromatic heterocycles. The van der Waals surface area contributed by atoms with Crippen molar-refractivity contribution >= 4 is 34.9 Å². The number of pyridine rings is 1. The van der Waals surface area contributed by atoms with Crippen LogP contribution in [0.25, 0.3) is 22.4 Å². The fraction of sp³-hybridized carbons (Fsp3) is 0.250. The summed E-state index contributed by atoms with van der Waals surface area (Å²) in [5.41, 5.74) is 1.75. The van der Waals surface area contributed by atoms with Gasteiger partial charge in [0.2, 0.25) is 5.95 Å². The van der Waals surface area contributed by atoms with Gasteiger partial charge in [-0.3, -0.25) is 9.78 Å². The van der Waals surface area contributed by atoms with E-state index in [1.54, 1.807) is 24.5 Å². The minimum Gasteiger partial charge on any atom is -0.453 e. The predicted octanol–water partition coefficient (Wildman–Crippen LogP) is 2.50. The lowest BCUT2D eigenvalue weighted by Crippen LogP contribution is -2.41. The van der Waals surface area contributed by atoms with E-state index in [2.05, 4.69) is 15.0 Å². The highest BCUT2D eigenvalue weighted by molar-refractivity contribution is 6.20. The molecule has 1 fully saturated rings. The van der Waals surface area contributed by atoms with Crippen LogP contribution >= 0.6 is 11.6 Å². The lowest BCUT2D eigenvalue weighted by molar-refractivity contribution is 0.0928. The molecule has 3 aromatic rings. The van der Waals surface area contributed by atoms with Gasteiger partial charge in [0, 0.05) is 18.3 Å². The number of nitrogens with zero attached hydrogens (tertiary/aromatic N) is 4.